The number of halogens is 1. The molecule has 108 valence electrons. The number of amides is 1. The Morgan fingerprint density at radius 3 is 2.60 bits per heavy atom. The molecule has 0 heterocycles. The second kappa shape index (κ2) is 7.64. The lowest BCUT2D eigenvalue weighted by Crippen LogP contribution is -2.17. The molecule has 0 unspecified atom stereocenters. The van der Waals surface area contributed by atoms with Crippen molar-refractivity contribution >= 4 is 39.5 Å². The van der Waals surface area contributed by atoms with Crippen molar-refractivity contribution in [2.45, 2.75) is 19.8 Å². The van der Waals surface area contributed by atoms with E-state index < -0.39 is 17.8 Å². The van der Waals surface area contributed by atoms with E-state index in [0.29, 0.717) is 4.47 Å². The molecule has 6 nitrogen and oxygen atoms in total. The highest BCUT2D eigenvalue weighted by Gasteiger charge is 2.16. The lowest BCUT2D eigenvalue weighted by atomic mass is 10.1. The first-order chi connectivity index (χ1) is 9.45. The summed E-state index contributed by atoms with van der Waals surface area (Å²) in [5, 5.41) is 11.5. The number of carbonyl (C=O) groups is 3. The standard InChI is InChI=1S/C13H14BrNO5/c1-2-20-11(17)7-6-10(16)15-12-8(13(18)19)4-3-5-9(12)14/h3-5H,2,6-7H2,1H3,(H,15,16)(H,18,19). The van der Waals surface area contributed by atoms with Gasteiger partial charge in [-0.2, -0.15) is 0 Å². The second-order valence-corrected chi connectivity index (χ2v) is 4.68. The Morgan fingerprint density at radius 1 is 1.30 bits per heavy atom. The SMILES string of the molecule is CCOC(=O)CCC(=O)Nc1c(Br)cccc1C(=O)O. The molecule has 0 aliphatic carbocycles. The van der Waals surface area contributed by atoms with Crippen molar-refractivity contribution in [2.24, 2.45) is 0 Å². The predicted molar refractivity (Wildman–Crippen MR) is 75.6 cm³/mol. The van der Waals surface area contributed by atoms with E-state index in [-0.39, 0.29) is 30.7 Å². The molecule has 1 amide bonds. The zero-order valence-corrected chi connectivity index (χ0v) is 12.4. The molecular formula is C13H14BrNO5. The van der Waals surface area contributed by atoms with Crippen LogP contribution < -0.4 is 5.32 Å². The molecule has 0 aliphatic rings. The minimum absolute atomic E-state index is 0.0242. The molecule has 0 aromatic heterocycles. The van der Waals surface area contributed by atoms with Gasteiger partial charge in [-0.15, -0.1) is 0 Å². The van der Waals surface area contributed by atoms with Gasteiger partial charge < -0.3 is 15.2 Å². The van der Waals surface area contributed by atoms with Crippen LogP contribution in [0.25, 0.3) is 0 Å². The molecule has 0 fully saturated rings. The summed E-state index contributed by atoms with van der Waals surface area (Å²) in [5.74, 6) is -2.06. The minimum Gasteiger partial charge on any atom is -0.478 e. The van der Waals surface area contributed by atoms with Gasteiger partial charge in [-0.05, 0) is 35.0 Å². The van der Waals surface area contributed by atoms with Crippen LogP contribution in [0.1, 0.15) is 30.1 Å². The van der Waals surface area contributed by atoms with Crippen LogP contribution in [-0.2, 0) is 14.3 Å². The van der Waals surface area contributed by atoms with Crippen molar-refractivity contribution in [1.29, 1.82) is 0 Å². The summed E-state index contributed by atoms with van der Waals surface area (Å²) in [4.78, 5) is 33.9. The van der Waals surface area contributed by atoms with Crippen LogP contribution in [0.5, 0.6) is 0 Å². The summed E-state index contributed by atoms with van der Waals surface area (Å²) in [6, 6.07) is 4.56. The average Bonchev–Trinajstić information content (AvgIpc) is 2.39. The van der Waals surface area contributed by atoms with E-state index in [1.165, 1.54) is 6.07 Å². The van der Waals surface area contributed by atoms with E-state index >= 15 is 0 Å². The van der Waals surface area contributed by atoms with Crippen molar-refractivity contribution in [1.82, 2.24) is 0 Å². The molecule has 0 bridgehead atoms. The van der Waals surface area contributed by atoms with E-state index in [1.807, 2.05) is 0 Å². The number of esters is 1. The summed E-state index contributed by atoms with van der Waals surface area (Å²) in [6.45, 7) is 1.94. The van der Waals surface area contributed by atoms with Crippen LogP contribution in [-0.4, -0.2) is 29.6 Å². The Morgan fingerprint density at radius 2 is 2.00 bits per heavy atom. The number of carboxylic acids is 1. The van der Waals surface area contributed by atoms with Crippen LogP contribution >= 0.6 is 15.9 Å². The molecule has 0 radical (unpaired) electrons. The maximum Gasteiger partial charge on any atom is 0.337 e. The number of carboxylic acid groups (broad SMARTS) is 1. The Labute approximate surface area is 124 Å². The highest BCUT2D eigenvalue weighted by Crippen LogP contribution is 2.26. The summed E-state index contributed by atoms with van der Waals surface area (Å²) in [5.41, 5.74) is 0.151. The van der Waals surface area contributed by atoms with Crippen molar-refractivity contribution in [3.63, 3.8) is 0 Å². The van der Waals surface area contributed by atoms with Gasteiger partial charge in [-0.3, -0.25) is 9.59 Å². The van der Waals surface area contributed by atoms with Crippen LogP contribution in [0.3, 0.4) is 0 Å². The van der Waals surface area contributed by atoms with Crippen molar-refractivity contribution in [2.75, 3.05) is 11.9 Å². The highest BCUT2D eigenvalue weighted by atomic mass is 79.9. The summed E-state index contributed by atoms with van der Waals surface area (Å²) in [7, 11) is 0. The number of aromatic carboxylic acids is 1. The summed E-state index contributed by atoms with van der Waals surface area (Å²) >= 11 is 3.18. The van der Waals surface area contributed by atoms with E-state index in [1.54, 1.807) is 19.1 Å². The number of benzene rings is 1. The van der Waals surface area contributed by atoms with Gasteiger partial charge in [0.25, 0.3) is 0 Å². The number of ether oxygens (including phenoxy) is 1. The molecule has 2 N–H and O–H groups in total. The normalized spacial score (nSPS) is 9.90. The van der Waals surface area contributed by atoms with Gasteiger partial charge in [0, 0.05) is 10.9 Å². The highest BCUT2D eigenvalue weighted by molar-refractivity contribution is 9.10. The van der Waals surface area contributed by atoms with Crippen LogP contribution in [0.2, 0.25) is 0 Å². The molecule has 1 aromatic carbocycles. The monoisotopic (exact) mass is 343 g/mol. The molecule has 1 rings (SSSR count). The van der Waals surface area contributed by atoms with Gasteiger partial charge in [-0.1, -0.05) is 6.07 Å². The zero-order valence-electron chi connectivity index (χ0n) is 10.8. The van der Waals surface area contributed by atoms with Crippen molar-refractivity contribution in [3.05, 3.63) is 28.2 Å². The first kappa shape index (κ1) is 16.2. The number of rotatable bonds is 6. The minimum atomic E-state index is -1.15. The average molecular weight is 344 g/mol. The fraction of sp³-hybridized carbons (Fsp3) is 0.308. The Hall–Kier alpha value is -1.89. The number of nitrogens with one attached hydrogen (secondary N) is 1. The van der Waals surface area contributed by atoms with Crippen LogP contribution in [0, 0.1) is 0 Å². The van der Waals surface area contributed by atoms with Gasteiger partial charge in [0.2, 0.25) is 5.91 Å². The summed E-state index contributed by atoms with van der Waals surface area (Å²) in [6.07, 6.45) is -0.119. The zero-order chi connectivity index (χ0) is 15.1. The lowest BCUT2D eigenvalue weighted by Gasteiger charge is -2.10. The van der Waals surface area contributed by atoms with Gasteiger partial charge in [0.15, 0.2) is 0 Å². The van der Waals surface area contributed by atoms with Gasteiger partial charge in [0.05, 0.1) is 24.3 Å². The molecule has 20 heavy (non-hydrogen) atoms. The topological polar surface area (TPSA) is 92.7 Å². The first-order valence-corrected chi connectivity index (χ1v) is 6.72. The Bertz CT molecular complexity index is 529. The number of para-hydroxylation sites is 1. The van der Waals surface area contributed by atoms with Crippen LogP contribution in [0.4, 0.5) is 5.69 Å². The predicted octanol–water partition coefficient (Wildman–Crippen LogP) is 2.43. The van der Waals surface area contributed by atoms with Gasteiger partial charge in [0.1, 0.15) is 0 Å². The second-order valence-electron chi connectivity index (χ2n) is 3.82. The molecule has 0 aliphatic heterocycles. The fourth-order valence-electron chi connectivity index (χ4n) is 1.48. The van der Waals surface area contributed by atoms with Crippen LogP contribution in [0.15, 0.2) is 22.7 Å². The smallest absolute Gasteiger partial charge is 0.337 e. The Balaban J connectivity index is 2.71. The van der Waals surface area contributed by atoms with Gasteiger partial charge >= 0.3 is 11.9 Å². The molecular weight excluding hydrogens is 330 g/mol. The molecule has 0 saturated heterocycles. The van der Waals surface area contributed by atoms with Crippen molar-refractivity contribution < 1.29 is 24.2 Å². The Kier molecular flexibility index (Phi) is 6.17. The lowest BCUT2D eigenvalue weighted by molar-refractivity contribution is -0.144. The van der Waals surface area contributed by atoms with E-state index in [0.717, 1.165) is 0 Å². The molecule has 0 spiro atoms. The third kappa shape index (κ3) is 4.65. The van der Waals surface area contributed by atoms with E-state index in [2.05, 4.69) is 21.2 Å². The largest absolute Gasteiger partial charge is 0.478 e. The van der Waals surface area contributed by atoms with E-state index in [4.69, 9.17) is 9.84 Å². The first-order valence-electron chi connectivity index (χ1n) is 5.93. The fourth-order valence-corrected chi connectivity index (χ4v) is 1.95. The summed E-state index contributed by atoms with van der Waals surface area (Å²) < 4.78 is 5.17. The number of carbonyl (C=O) groups excluding carboxylic acids is 2. The maximum atomic E-state index is 11.7. The quantitative estimate of drug-likeness (QED) is 0.773. The van der Waals surface area contributed by atoms with Crippen molar-refractivity contribution in [3.8, 4) is 0 Å². The third-order valence-electron chi connectivity index (χ3n) is 2.37. The number of hydrogen-bond donors (Lipinski definition) is 2. The number of hydrogen-bond acceptors (Lipinski definition) is 4. The van der Waals surface area contributed by atoms with E-state index in [9.17, 15) is 14.4 Å². The molecule has 7 heteroatoms. The third-order valence-corrected chi connectivity index (χ3v) is 3.03. The maximum absolute atomic E-state index is 11.7. The molecule has 0 atom stereocenters. The van der Waals surface area contributed by atoms with Gasteiger partial charge in [-0.25, -0.2) is 4.79 Å². The number of anilines is 1. The molecule has 0 saturated carbocycles. The molecule has 1 aromatic rings.